The van der Waals surface area contributed by atoms with Gasteiger partial charge in [0.1, 0.15) is 5.75 Å². The van der Waals surface area contributed by atoms with Gasteiger partial charge in [-0.25, -0.2) is 8.42 Å². The molecule has 0 aliphatic carbocycles. The third-order valence-electron chi connectivity index (χ3n) is 5.66. The van der Waals surface area contributed by atoms with E-state index in [2.05, 4.69) is 17.3 Å². The molecule has 0 saturated carbocycles. The average molecular weight is 444 g/mol. The van der Waals surface area contributed by atoms with Crippen LogP contribution in [0.1, 0.15) is 32.6 Å². The normalized spacial score (nSPS) is 22.4. The van der Waals surface area contributed by atoms with Crippen molar-refractivity contribution in [2.45, 2.75) is 43.5 Å². The molecule has 29 heavy (non-hydrogen) atoms. The van der Waals surface area contributed by atoms with E-state index in [1.165, 1.54) is 16.4 Å². The number of nitrogens with one attached hydrogen (secondary N) is 1. The monoisotopic (exact) mass is 443 g/mol. The first-order chi connectivity index (χ1) is 13.8. The van der Waals surface area contributed by atoms with Crippen LogP contribution in [0.25, 0.3) is 0 Å². The predicted octanol–water partition coefficient (Wildman–Crippen LogP) is 2.35. The van der Waals surface area contributed by atoms with Gasteiger partial charge in [0, 0.05) is 19.1 Å². The second-order valence-corrected chi connectivity index (χ2v) is 10.2. The van der Waals surface area contributed by atoms with Crippen LogP contribution in [0.2, 0.25) is 5.02 Å². The number of sulfonamides is 1. The zero-order chi connectivity index (χ0) is 21.0. The third-order valence-corrected chi connectivity index (χ3v) is 7.82. The lowest BCUT2D eigenvalue weighted by Gasteiger charge is -2.34. The molecule has 1 atom stereocenters. The molecule has 1 amide bonds. The van der Waals surface area contributed by atoms with Crippen LogP contribution in [0.4, 0.5) is 0 Å². The summed E-state index contributed by atoms with van der Waals surface area (Å²) in [5, 5.41) is 3.39. The average Bonchev–Trinajstić information content (AvgIpc) is 2.71. The topological polar surface area (TPSA) is 79.0 Å². The summed E-state index contributed by atoms with van der Waals surface area (Å²) in [6.07, 6.45) is 3.23. The minimum Gasteiger partial charge on any atom is -0.492 e. The van der Waals surface area contributed by atoms with Gasteiger partial charge in [0.25, 0.3) is 0 Å². The lowest BCUT2D eigenvalue weighted by atomic mass is 9.97. The van der Waals surface area contributed by atoms with Gasteiger partial charge in [-0.3, -0.25) is 4.79 Å². The second kappa shape index (κ2) is 9.64. The number of likely N-dealkylation sites (tertiary alicyclic amines) is 1. The summed E-state index contributed by atoms with van der Waals surface area (Å²) in [6.45, 7) is 4.83. The minimum atomic E-state index is -3.72. The van der Waals surface area contributed by atoms with E-state index in [0.717, 1.165) is 25.9 Å². The first kappa shape index (κ1) is 22.3. The Balaban J connectivity index is 1.66. The Bertz CT molecular complexity index is 825. The largest absolute Gasteiger partial charge is 0.492 e. The Hall–Kier alpha value is -1.35. The van der Waals surface area contributed by atoms with Gasteiger partial charge in [-0.2, -0.15) is 4.31 Å². The van der Waals surface area contributed by atoms with Crippen LogP contribution in [0.5, 0.6) is 5.75 Å². The lowest BCUT2D eigenvalue weighted by molar-refractivity contribution is -0.127. The van der Waals surface area contributed by atoms with Gasteiger partial charge in [0.15, 0.2) is 0 Å². The van der Waals surface area contributed by atoms with Crippen molar-refractivity contribution >= 4 is 27.5 Å². The lowest BCUT2D eigenvalue weighted by Crippen LogP contribution is -2.49. The summed E-state index contributed by atoms with van der Waals surface area (Å²) in [5.41, 5.74) is 0. The molecule has 2 heterocycles. The van der Waals surface area contributed by atoms with Gasteiger partial charge in [0.2, 0.25) is 15.9 Å². The molecule has 0 radical (unpaired) electrons. The standard InChI is InChI=1S/C20H30ClN3O4S/c1-3-28-19-7-6-17(13-18(19)21)29(26,27)24-10-4-5-15(14-24)20(25)22-16-8-11-23(2)12-9-16/h6-7,13,15-16H,3-5,8-12,14H2,1-2H3,(H,22,25)/t15-/m0/s1. The van der Waals surface area contributed by atoms with Crippen LogP contribution in [0, 0.1) is 5.92 Å². The Labute approximate surface area is 178 Å². The predicted molar refractivity (Wildman–Crippen MR) is 113 cm³/mol. The number of nitrogens with zero attached hydrogens (tertiary/aromatic N) is 2. The molecule has 162 valence electrons. The SMILES string of the molecule is CCOc1ccc(S(=O)(=O)N2CCC[C@H](C(=O)NC3CCN(C)CC3)C2)cc1Cl. The Kier molecular flexibility index (Phi) is 7.42. The third kappa shape index (κ3) is 5.42. The number of ether oxygens (including phenoxy) is 1. The van der Waals surface area contributed by atoms with Crippen LogP contribution in [-0.4, -0.2) is 69.4 Å². The molecule has 1 N–H and O–H groups in total. The molecule has 2 aliphatic heterocycles. The molecule has 7 nitrogen and oxygen atoms in total. The highest BCUT2D eigenvalue weighted by molar-refractivity contribution is 7.89. The van der Waals surface area contributed by atoms with Gasteiger partial charge in [-0.05, 0) is 70.9 Å². The van der Waals surface area contributed by atoms with Crippen molar-refractivity contribution in [3.63, 3.8) is 0 Å². The number of piperidine rings is 2. The van der Waals surface area contributed by atoms with Crippen molar-refractivity contribution in [2.75, 3.05) is 39.8 Å². The highest BCUT2D eigenvalue weighted by Crippen LogP contribution is 2.30. The summed E-state index contributed by atoms with van der Waals surface area (Å²) in [5.74, 6) is 0.0997. The van der Waals surface area contributed by atoms with Gasteiger partial charge in [-0.1, -0.05) is 11.6 Å². The van der Waals surface area contributed by atoms with E-state index in [4.69, 9.17) is 16.3 Å². The van der Waals surface area contributed by atoms with E-state index in [9.17, 15) is 13.2 Å². The molecular weight excluding hydrogens is 414 g/mol. The molecule has 2 fully saturated rings. The second-order valence-electron chi connectivity index (χ2n) is 7.81. The molecular formula is C20H30ClN3O4S. The van der Waals surface area contributed by atoms with Gasteiger partial charge in [0.05, 0.1) is 22.4 Å². The van der Waals surface area contributed by atoms with E-state index in [0.29, 0.717) is 31.7 Å². The number of halogens is 1. The number of hydrogen-bond donors (Lipinski definition) is 1. The van der Waals surface area contributed by atoms with Gasteiger partial charge >= 0.3 is 0 Å². The Morgan fingerprint density at radius 3 is 2.62 bits per heavy atom. The Morgan fingerprint density at radius 1 is 1.24 bits per heavy atom. The summed E-state index contributed by atoms with van der Waals surface area (Å²) < 4.78 is 33.0. The summed E-state index contributed by atoms with van der Waals surface area (Å²) in [4.78, 5) is 15.1. The zero-order valence-electron chi connectivity index (χ0n) is 17.1. The fourth-order valence-electron chi connectivity index (χ4n) is 3.91. The molecule has 3 rings (SSSR count). The van der Waals surface area contributed by atoms with Crippen molar-refractivity contribution in [1.29, 1.82) is 0 Å². The van der Waals surface area contributed by atoms with Gasteiger partial charge in [-0.15, -0.1) is 0 Å². The highest BCUT2D eigenvalue weighted by atomic mass is 35.5. The maximum absolute atomic E-state index is 13.1. The number of amides is 1. The van der Waals surface area contributed by atoms with Gasteiger partial charge < -0.3 is 15.0 Å². The van der Waals surface area contributed by atoms with E-state index in [1.54, 1.807) is 6.07 Å². The molecule has 9 heteroatoms. The number of carbonyl (C=O) groups is 1. The fraction of sp³-hybridized carbons (Fsp3) is 0.650. The quantitative estimate of drug-likeness (QED) is 0.730. The number of benzene rings is 1. The molecule has 0 bridgehead atoms. The zero-order valence-corrected chi connectivity index (χ0v) is 18.6. The van der Waals surface area contributed by atoms with Crippen molar-refractivity contribution in [2.24, 2.45) is 5.92 Å². The number of rotatable bonds is 6. The van der Waals surface area contributed by atoms with E-state index in [-0.39, 0.29) is 34.3 Å². The smallest absolute Gasteiger partial charge is 0.243 e. The molecule has 0 aromatic heterocycles. The number of carbonyl (C=O) groups excluding carboxylic acids is 1. The van der Waals surface area contributed by atoms with Crippen LogP contribution >= 0.6 is 11.6 Å². The molecule has 2 aliphatic rings. The van der Waals surface area contributed by atoms with Crippen LogP contribution in [0.3, 0.4) is 0 Å². The maximum atomic E-state index is 13.1. The maximum Gasteiger partial charge on any atom is 0.243 e. The van der Waals surface area contributed by atoms with E-state index < -0.39 is 10.0 Å². The van der Waals surface area contributed by atoms with Crippen LogP contribution in [-0.2, 0) is 14.8 Å². The molecule has 0 spiro atoms. The van der Waals surface area contributed by atoms with Crippen molar-refractivity contribution in [1.82, 2.24) is 14.5 Å². The van der Waals surface area contributed by atoms with E-state index >= 15 is 0 Å². The first-order valence-electron chi connectivity index (χ1n) is 10.2. The molecule has 1 aromatic rings. The molecule has 1 aromatic carbocycles. The number of hydrogen-bond acceptors (Lipinski definition) is 5. The van der Waals surface area contributed by atoms with Crippen molar-refractivity contribution < 1.29 is 17.9 Å². The Morgan fingerprint density at radius 2 is 1.97 bits per heavy atom. The van der Waals surface area contributed by atoms with Crippen LogP contribution in [0.15, 0.2) is 23.1 Å². The first-order valence-corrected chi connectivity index (χ1v) is 12.0. The van der Waals surface area contributed by atoms with Crippen molar-refractivity contribution in [3.8, 4) is 5.75 Å². The highest BCUT2D eigenvalue weighted by Gasteiger charge is 2.34. The molecule has 0 unspecified atom stereocenters. The summed E-state index contributed by atoms with van der Waals surface area (Å²) in [6, 6.07) is 4.68. The van der Waals surface area contributed by atoms with Crippen molar-refractivity contribution in [3.05, 3.63) is 23.2 Å². The van der Waals surface area contributed by atoms with E-state index in [1.807, 2.05) is 6.92 Å². The fourth-order valence-corrected chi connectivity index (χ4v) is 5.76. The van der Waals surface area contributed by atoms with Crippen LogP contribution < -0.4 is 10.1 Å². The minimum absolute atomic E-state index is 0.0378. The summed E-state index contributed by atoms with van der Waals surface area (Å²) in [7, 11) is -1.64. The molecule has 2 saturated heterocycles. The summed E-state index contributed by atoms with van der Waals surface area (Å²) >= 11 is 6.18.